The lowest BCUT2D eigenvalue weighted by atomic mass is 10.0. The topological polar surface area (TPSA) is 40.5 Å². The second kappa shape index (κ2) is 5.27. The molecule has 0 atom stereocenters. The van der Waals surface area contributed by atoms with Gasteiger partial charge in [-0.1, -0.05) is 110 Å². The van der Waals surface area contributed by atoms with Crippen molar-refractivity contribution in [3.8, 4) is 0 Å². The van der Waals surface area contributed by atoms with Crippen molar-refractivity contribution in [2.24, 2.45) is 0 Å². The third-order valence-corrected chi connectivity index (χ3v) is 9.24. The van der Waals surface area contributed by atoms with Gasteiger partial charge in [0.2, 0.25) is 5.79 Å². The first-order valence-corrected chi connectivity index (χ1v) is 8.02. The molecule has 1 aromatic carbocycles. The van der Waals surface area contributed by atoms with Crippen LogP contribution in [0.5, 0.6) is 0 Å². The van der Waals surface area contributed by atoms with Gasteiger partial charge in [0.1, 0.15) is 0 Å². The fraction of sp³-hybridized carbons (Fsp3) is 0.333. The van der Waals surface area contributed by atoms with E-state index < -0.39 is 11.2 Å². The molecular weight excluding hydrogens is 540 g/mol. The number of halogens is 5. The Kier molecular flexibility index (Phi) is 5.13. The van der Waals surface area contributed by atoms with E-state index in [1.807, 2.05) is 0 Å². The van der Waals surface area contributed by atoms with Crippen LogP contribution in [0.4, 0.5) is 0 Å². The standard InChI is InChI=1S/C9H7Br5O2/c10-8(11,9(12,13)14)7(15,16)6-4-2-1-3-5-6/h1-5,15-16H. The zero-order chi connectivity index (χ0) is 12.6. The van der Waals surface area contributed by atoms with Crippen LogP contribution < -0.4 is 0 Å². The molecule has 90 valence electrons. The summed E-state index contributed by atoms with van der Waals surface area (Å²) in [6.07, 6.45) is 0. The van der Waals surface area contributed by atoms with Crippen molar-refractivity contribution < 1.29 is 10.2 Å². The quantitative estimate of drug-likeness (QED) is 0.433. The van der Waals surface area contributed by atoms with Gasteiger partial charge in [-0.2, -0.15) is 0 Å². The molecule has 0 spiro atoms. The van der Waals surface area contributed by atoms with Crippen LogP contribution in [0.1, 0.15) is 5.56 Å². The van der Waals surface area contributed by atoms with E-state index in [1.54, 1.807) is 30.3 Å². The van der Waals surface area contributed by atoms with E-state index in [0.717, 1.165) is 0 Å². The van der Waals surface area contributed by atoms with Crippen molar-refractivity contribution in [1.82, 2.24) is 0 Å². The summed E-state index contributed by atoms with van der Waals surface area (Å²) in [6.45, 7) is 0. The molecule has 0 aliphatic rings. The molecule has 16 heavy (non-hydrogen) atoms. The van der Waals surface area contributed by atoms with E-state index in [0.29, 0.717) is 5.56 Å². The highest BCUT2D eigenvalue weighted by Crippen LogP contribution is 2.59. The number of hydrogen-bond acceptors (Lipinski definition) is 2. The van der Waals surface area contributed by atoms with Crippen LogP contribution >= 0.6 is 79.6 Å². The van der Waals surface area contributed by atoms with E-state index in [-0.39, 0.29) is 0 Å². The molecule has 0 amide bonds. The first kappa shape index (κ1) is 15.6. The second-order valence-electron chi connectivity index (χ2n) is 3.11. The summed E-state index contributed by atoms with van der Waals surface area (Å²) in [6, 6.07) is 8.50. The molecule has 0 saturated heterocycles. The van der Waals surface area contributed by atoms with Crippen molar-refractivity contribution in [3.05, 3.63) is 35.9 Å². The molecule has 2 N–H and O–H groups in total. The van der Waals surface area contributed by atoms with Crippen molar-refractivity contribution in [3.63, 3.8) is 0 Å². The lowest BCUT2D eigenvalue weighted by Gasteiger charge is -2.40. The second-order valence-corrected chi connectivity index (χ2v) is 13.3. The van der Waals surface area contributed by atoms with Gasteiger partial charge in [-0.25, -0.2) is 0 Å². The highest BCUT2D eigenvalue weighted by molar-refractivity contribution is 9.41. The van der Waals surface area contributed by atoms with Gasteiger partial charge in [0.05, 0.1) is 0 Å². The fourth-order valence-corrected chi connectivity index (χ4v) is 2.34. The zero-order valence-corrected chi connectivity index (χ0v) is 15.6. The Morgan fingerprint density at radius 2 is 1.25 bits per heavy atom. The molecule has 0 aliphatic heterocycles. The Labute approximate surface area is 135 Å². The van der Waals surface area contributed by atoms with Crippen molar-refractivity contribution in [2.45, 2.75) is 11.2 Å². The summed E-state index contributed by atoms with van der Waals surface area (Å²) >= 11 is 16.2. The first-order valence-electron chi connectivity index (χ1n) is 4.05. The molecule has 0 aliphatic carbocycles. The van der Waals surface area contributed by atoms with Crippen LogP contribution in [-0.2, 0) is 5.79 Å². The maximum Gasteiger partial charge on any atom is 0.219 e. The van der Waals surface area contributed by atoms with E-state index in [1.165, 1.54) is 0 Å². The number of aliphatic hydroxyl groups is 2. The van der Waals surface area contributed by atoms with E-state index in [9.17, 15) is 10.2 Å². The average Bonchev–Trinajstić information content (AvgIpc) is 2.17. The van der Waals surface area contributed by atoms with Gasteiger partial charge in [0.25, 0.3) is 0 Å². The molecule has 0 heterocycles. The van der Waals surface area contributed by atoms with Crippen LogP contribution in [0.3, 0.4) is 0 Å². The number of hydrogen-bond donors (Lipinski definition) is 2. The molecule has 0 fully saturated rings. The van der Waals surface area contributed by atoms with Gasteiger partial charge in [-0.15, -0.1) is 0 Å². The monoisotopic (exact) mass is 542 g/mol. The van der Waals surface area contributed by atoms with Gasteiger partial charge >= 0.3 is 0 Å². The van der Waals surface area contributed by atoms with E-state index in [4.69, 9.17) is 0 Å². The predicted molar refractivity (Wildman–Crippen MR) is 82.7 cm³/mol. The lowest BCUT2D eigenvalue weighted by molar-refractivity contribution is -0.171. The molecule has 7 heteroatoms. The Balaban J connectivity index is 3.22. The highest BCUT2D eigenvalue weighted by Gasteiger charge is 2.58. The Hall–Kier alpha value is 1.54. The zero-order valence-electron chi connectivity index (χ0n) is 7.67. The molecule has 0 saturated carbocycles. The van der Waals surface area contributed by atoms with Crippen molar-refractivity contribution in [1.29, 1.82) is 0 Å². The van der Waals surface area contributed by atoms with Crippen LogP contribution in [0.2, 0.25) is 0 Å². The third-order valence-electron chi connectivity index (χ3n) is 1.97. The van der Waals surface area contributed by atoms with Crippen LogP contribution in [-0.4, -0.2) is 15.6 Å². The minimum Gasteiger partial charge on any atom is -0.360 e. The van der Waals surface area contributed by atoms with Crippen LogP contribution in [0.25, 0.3) is 0 Å². The molecule has 2 nitrogen and oxygen atoms in total. The maximum absolute atomic E-state index is 10.2. The van der Waals surface area contributed by atoms with E-state index in [2.05, 4.69) is 79.6 Å². The summed E-state index contributed by atoms with van der Waals surface area (Å²) in [5.41, 5.74) is 0.353. The summed E-state index contributed by atoms with van der Waals surface area (Å²) in [5, 5.41) is 20.4. The Morgan fingerprint density at radius 1 is 0.812 bits per heavy atom. The molecular formula is C9H7Br5O2. The average molecular weight is 547 g/mol. The smallest absolute Gasteiger partial charge is 0.219 e. The highest BCUT2D eigenvalue weighted by atomic mass is 80.0. The summed E-state index contributed by atoms with van der Waals surface area (Å²) in [5.74, 6) is -2.13. The molecule has 0 unspecified atom stereocenters. The molecule has 1 rings (SSSR count). The number of alkyl halides is 5. The van der Waals surface area contributed by atoms with Gasteiger partial charge in [-0.05, 0) is 0 Å². The number of benzene rings is 1. The first-order chi connectivity index (χ1) is 7.11. The minimum absolute atomic E-state index is 0.353. The normalized spacial score (nSPS) is 13.9. The van der Waals surface area contributed by atoms with Gasteiger partial charge in [0, 0.05) is 5.56 Å². The third kappa shape index (κ3) is 2.92. The molecule has 0 radical (unpaired) electrons. The molecule has 0 bridgehead atoms. The summed E-state index contributed by atoms with van der Waals surface area (Å²) in [7, 11) is 0. The summed E-state index contributed by atoms with van der Waals surface area (Å²) in [4.78, 5) is 0. The Morgan fingerprint density at radius 3 is 1.62 bits per heavy atom. The fourth-order valence-electron chi connectivity index (χ4n) is 1.05. The van der Waals surface area contributed by atoms with Crippen molar-refractivity contribution >= 4 is 79.6 Å². The van der Waals surface area contributed by atoms with Gasteiger partial charge in [-0.3, -0.25) is 0 Å². The molecule has 1 aromatic rings. The predicted octanol–water partition coefficient (Wildman–Crippen LogP) is 4.15. The van der Waals surface area contributed by atoms with Crippen LogP contribution in [0.15, 0.2) is 30.3 Å². The van der Waals surface area contributed by atoms with Crippen molar-refractivity contribution in [2.75, 3.05) is 0 Å². The van der Waals surface area contributed by atoms with Crippen LogP contribution in [0, 0.1) is 0 Å². The van der Waals surface area contributed by atoms with Gasteiger partial charge < -0.3 is 10.2 Å². The largest absolute Gasteiger partial charge is 0.360 e. The minimum atomic E-state index is -2.13. The Bertz CT molecular complexity index is 358. The maximum atomic E-state index is 10.2. The SMILES string of the molecule is OC(O)(c1ccccc1)C(Br)(Br)C(Br)(Br)Br. The van der Waals surface area contributed by atoms with E-state index >= 15 is 0 Å². The van der Waals surface area contributed by atoms with Gasteiger partial charge in [0.15, 0.2) is 5.38 Å². The number of rotatable bonds is 2. The lowest BCUT2D eigenvalue weighted by Crippen LogP contribution is -2.50. The summed E-state index contributed by atoms with van der Waals surface area (Å²) < 4.78 is -2.22. The molecule has 0 aromatic heterocycles.